The minimum absolute atomic E-state index is 0.0119. The van der Waals surface area contributed by atoms with Gasteiger partial charge in [-0.05, 0) is 26.2 Å². The Morgan fingerprint density at radius 3 is 1.42 bits per heavy atom. The van der Waals surface area contributed by atoms with Crippen molar-refractivity contribution in [2.24, 2.45) is 0 Å². The monoisotopic (exact) mass is 488 g/mol. The summed E-state index contributed by atoms with van der Waals surface area (Å²) in [7, 11) is 5.07. The fourth-order valence-corrected chi connectivity index (χ4v) is 3.69. The fourth-order valence-electron chi connectivity index (χ4n) is 3.02. The Hall–Kier alpha value is -0.630. The second kappa shape index (κ2) is 13.2. The predicted octanol–water partition coefficient (Wildman–Crippen LogP) is 7.48. The van der Waals surface area contributed by atoms with Crippen LogP contribution in [0.4, 0.5) is 30.7 Å². The highest BCUT2D eigenvalue weighted by Gasteiger charge is 2.76. The van der Waals surface area contributed by atoms with Crippen LogP contribution in [0.2, 0.25) is 0 Å². The highest BCUT2D eigenvalue weighted by atomic mass is 31.0. The van der Waals surface area contributed by atoms with Crippen LogP contribution >= 0.6 is 9.24 Å². The van der Waals surface area contributed by atoms with E-state index in [0.717, 1.165) is 0 Å². The summed E-state index contributed by atoms with van der Waals surface area (Å²) in [5.41, 5.74) is 0.0119. The van der Waals surface area contributed by atoms with Crippen LogP contribution in [0.5, 0.6) is 0 Å². The molecule has 3 nitrogen and oxygen atoms in total. The molecule has 0 amide bonds. The van der Waals surface area contributed by atoms with E-state index < -0.39 is 24.0 Å². The van der Waals surface area contributed by atoms with Crippen molar-refractivity contribution in [3.63, 3.8) is 0 Å². The maximum Gasteiger partial charge on any atom is 0.460 e. The van der Waals surface area contributed by atoms with Crippen LogP contribution in [-0.4, -0.2) is 47.0 Å². The summed E-state index contributed by atoms with van der Waals surface area (Å²) in [5, 5.41) is 7.66. The molecule has 1 N–H and O–H groups in total. The first-order valence-electron chi connectivity index (χ1n) is 10.3. The first-order chi connectivity index (χ1) is 13.9. The molecule has 0 fully saturated rings. The van der Waals surface area contributed by atoms with Gasteiger partial charge in [-0.1, -0.05) is 59.3 Å². The number of halogens is 7. The number of alkyl halides is 7. The van der Waals surface area contributed by atoms with Crippen molar-refractivity contribution in [1.82, 2.24) is 0 Å². The van der Waals surface area contributed by atoms with E-state index in [1.54, 1.807) is 0 Å². The molecule has 0 aromatic rings. The number of hydrogen-bond donors (Lipinski definition) is 1. The van der Waals surface area contributed by atoms with Crippen LogP contribution in [0.3, 0.4) is 0 Å². The maximum atomic E-state index is 11.8. The number of methoxy groups -OCH3 is 1. The van der Waals surface area contributed by atoms with E-state index in [2.05, 4.69) is 36.9 Å². The van der Waals surface area contributed by atoms with Crippen LogP contribution in [0.1, 0.15) is 85.5 Å². The standard InChI is InChI=1S/C16H35OP.C4HF7O2/c1-6-9-12-15(4,17-5)16(18,13-10-7-2)14-11-8-3;5-2(6,1(12)13)3(7,8)4(9,10)11/h6-14,18H2,1-5H3;(H,12,13). The summed E-state index contributed by atoms with van der Waals surface area (Å²) in [6.07, 6.45) is 4.78. The third kappa shape index (κ3) is 8.67. The Balaban J connectivity index is 0. The van der Waals surface area contributed by atoms with E-state index in [1.165, 1.54) is 57.8 Å². The zero-order valence-corrected chi connectivity index (χ0v) is 20.0. The SMILES string of the molecule is CCCCC(P)(CCCC)C(C)(CCCC)OC.O=C(O)C(F)(F)C(F)(F)C(F)(F)F. The third-order valence-corrected chi connectivity index (χ3v) is 6.67. The topological polar surface area (TPSA) is 46.5 Å². The molecule has 0 bridgehead atoms. The summed E-state index contributed by atoms with van der Waals surface area (Å²) in [4.78, 5) is 9.38. The quantitative estimate of drug-likeness (QED) is 0.216. The van der Waals surface area contributed by atoms with Gasteiger partial charge in [0, 0.05) is 12.3 Å². The van der Waals surface area contributed by atoms with Crippen molar-refractivity contribution in [3.8, 4) is 0 Å². The Labute approximate surface area is 182 Å². The van der Waals surface area contributed by atoms with Crippen molar-refractivity contribution in [1.29, 1.82) is 0 Å². The van der Waals surface area contributed by atoms with Gasteiger partial charge in [-0.15, -0.1) is 9.24 Å². The lowest BCUT2D eigenvalue weighted by Gasteiger charge is -2.46. The van der Waals surface area contributed by atoms with Gasteiger partial charge < -0.3 is 9.84 Å². The Morgan fingerprint density at radius 2 is 1.19 bits per heavy atom. The van der Waals surface area contributed by atoms with Gasteiger partial charge in [0.05, 0.1) is 5.60 Å². The zero-order valence-electron chi connectivity index (χ0n) is 18.9. The average molecular weight is 488 g/mol. The molecule has 0 rings (SSSR count). The number of ether oxygens (including phenoxy) is 1. The van der Waals surface area contributed by atoms with E-state index in [-0.39, 0.29) is 10.8 Å². The van der Waals surface area contributed by atoms with Gasteiger partial charge in [0.2, 0.25) is 0 Å². The second-order valence-electron chi connectivity index (χ2n) is 7.85. The zero-order chi connectivity index (χ0) is 25.1. The summed E-state index contributed by atoms with van der Waals surface area (Å²) in [6.45, 7) is 9.14. The molecule has 0 aliphatic heterocycles. The molecule has 0 aliphatic carbocycles. The number of carboxylic acids is 1. The molecule has 0 saturated heterocycles. The molecule has 188 valence electrons. The number of carboxylic acid groups (broad SMARTS) is 1. The second-order valence-corrected chi connectivity index (χ2v) is 8.96. The van der Waals surface area contributed by atoms with Gasteiger partial charge >= 0.3 is 24.0 Å². The number of rotatable bonds is 13. The molecular formula is C20H36F7O3P. The molecule has 31 heavy (non-hydrogen) atoms. The van der Waals surface area contributed by atoms with Gasteiger partial charge in [-0.25, -0.2) is 4.79 Å². The largest absolute Gasteiger partial charge is 0.477 e. The summed E-state index contributed by atoms with van der Waals surface area (Å²) < 4.78 is 86.5. The fraction of sp³-hybridized carbons (Fsp3) is 0.950. The molecular weight excluding hydrogens is 452 g/mol. The molecule has 2 atom stereocenters. The van der Waals surface area contributed by atoms with Crippen LogP contribution in [0, 0.1) is 0 Å². The van der Waals surface area contributed by atoms with Crippen molar-refractivity contribution < 1.29 is 45.4 Å². The highest BCUT2D eigenvalue weighted by Crippen LogP contribution is 2.47. The first-order valence-corrected chi connectivity index (χ1v) is 10.9. The molecule has 0 aromatic heterocycles. The third-order valence-electron chi connectivity index (χ3n) is 5.48. The summed E-state index contributed by atoms with van der Waals surface area (Å²) in [5.74, 6) is -16.3. The van der Waals surface area contributed by atoms with E-state index in [4.69, 9.17) is 9.84 Å². The lowest BCUT2D eigenvalue weighted by atomic mass is 9.77. The summed E-state index contributed by atoms with van der Waals surface area (Å²) in [6, 6.07) is 0. The Morgan fingerprint density at radius 1 is 0.839 bits per heavy atom. The molecule has 0 aromatic carbocycles. The van der Waals surface area contributed by atoms with Crippen molar-refractivity contribution >= 4 is 15.2 Å². The molecule has 2 unspecified atom stereocenters. The van der Waals surface area contributed by atoms with E-state index >= 15 is 0 Å². The lowest BCUT2D eigenvalue weighted by molar-refractivity contribution is -0.347. The lowest BCUT2D eigenvalue weighted by Crippen LogP contribution is -2.56. The minimum Gasteiger partial charge on any atom is -0.477 e. The molecule has 0 spiro atoms. The van der Waals surface area contributed by atoms with Gasteiger partial charge in [-0.2, -0.15) is 30.7 Å². The highest BCUT2D eigenvalue weighted by molar-refractivity contribution is 7.19. The molecule has 0 saturated carbocycles. The first kappa shape index (κ1) is 32.5. The number of unbranched alkanes of at least 4 members (excludes halogenated alkanes) is 3. The van der Waals surface area contributed by atoms with Gasteiger partial charge in [0.25, 0.3) is 0 Å². The van der Waals surface area contributed by atoms with E-state index in [1.807, 2.05) is 7.11 Å². The van der Waals surface area contributed by atoms with Crippen LogP contribution in [-0.2, 0) is 9.53 Å². The van der Waals surface area contributed by atoms with Gasteiger partial charge in [0.15, 0.2) is 0 Å². The average Bonchev–Trinajstić information content (AvgIpc) is 2.68. The van der Waals surface area contributed by atoms with E-state index in [9.17, 15) is 35.5 Å². The number of carbonyl (C=O) groups is 1. The minimum atomic E-state index is -6.60. The normalized spacial score (nSPS) is 15.1. The van der Waals surface area contributed by atoms with Crippen LogP contribution in [0.15, 0.2) is 0 Å². The van der Waals surface area contributed by atoms with Crippen LogP contribution in [0.25, 0.3) is 0 Å². The van der Waals surface area contributed by atoms with Gasteiger partial charge in [0.1, 0.15) is 0 Å². The molecule has 0 heterocycles. The number of aliphatic carboxylic acids is 1. The van der Waals surface area contributed by atoms with Crippen LogP contribution < -0.4 is 0 Å². The maximum absolute atomic E-state index is 11.8. The van der Waals surface area contributed by atoms with Crippen molar-refractivity contribution in [2.75, 3.05) is 7.11 Å². The van der Waals surface area contributed by atoms with E-state index in [0.29, 0.717) is 0 Å². The summed E-state index contributed by atoms with van der Waals surface area (Å²) >= 11 is 0. The Kier molecular flexibility index (Phi) is 13.8. The number of hydrogen-bond acceptors (Lipinski definition) is 2. The molecule has 0 radical (unpaired) electrons. The molecule has 0 aliphatic rings. The van der Waals surface area contributed by atoms with Gasteiger partial charge in [-0.3, -0.25) is 0 Å². The smallest absolute Gasteiger partial charge is 0.460 e. The van der Waals surface area contributed by atoms with Crippen molar-refractivity contribution in [2.45, 2.75) is 114 Å². The molecule has 11 heteroatoms. The Bertz CT molecular complexity index is 519. The van der Waals surface area contributed by atoms with Crippen molar-refractivity contribution in [3.05, 3.63) is 0 Å². The predicted molar refractivity (Wildman–Crippen MR) is 110 cm³/mol.